The maximum atomic E-state index is 5.32. The first-order chi connectivity index (χ1) is 5.43. The van der Waals surface area contributed by atoms with Gasteiger partial charge in [-0.3, -0.25) is 4.98 Å². The second-order valence-corrected chi connectivity index (χ2v) is 1.86. The fourth-order valence-corrected chi connectivity index (χ4v) is 0.694. The van der Waals surface area contributed by atoms with Crippen LogP contribution in [0.1, 0.15) is 21.0 Å². The summed E-state index contributed by atoms with van der Waals surface area (Å²) in [7, 11) is 0. The second kappa shape index (κ2) is 7.22. The Bertz CT molecular complexity index is 165. The van der Waals surface area contributed by atoms with Gasteiger partial charge in [0.2, 0.25) is 0 Å². The molecule has 0 radical (unpaired) electrons. The highest BCUT2D eigenvalue weighted by molar-refractivity contribution is 5.03. The summed E-state index contributed by atoms with van der Waals surface area (Å²) in [6, 6.07) is 5.85. The van der Waals surface area contributed by atoms with Gasteiger partial charge in [-0.05, 0) is 18.7 Å². The van der Waals surface area contributed by atoms with E-state index in [1.54, 1.807) is 6.20 Å². The summed E-state index contributed by atoms with van der Waals surface area (Å²) >= 11 is 0. The Hall–Kier alpha value is -0.890. The van der Waals surface area contributed by atoms with E-state index in [1.165, 1.54) is 0 Å². The number of nitrogens with zero attached hydrogens (tertiary/aromatic N) is 1. The van der Waals surface area contributed by atoms with Crippen molar-refractivity contribution >= 4 is 0 Å². The van der Waals surface area contributed by atoms with Crippen LogP contribution in [-0.2, 0) is 6.42 Å². The van der Waals surface area contributed by atoms with Crippen molar-refractivity contribution in [1.29, 1.82) is 0 Å². The number of hydrogen-bond acceptors (Lipinski definition) is 2. The molecule has 0 unspecified atom stereocenters. The molecule has 0 aliphatic carbocycles. The molecular weight excluding hydrogens is 136 g/mol. The van der Waals surface area contributed by atoms with Crippen LogP contribution < -0.4 is 5.73 Å². The number of pyridine rings is 1. The number of aromatic nitrogens is 1. The Balaban J connectivity index is 0. The number of rotatable bonds is 2. The Morgan fingerprint density at radius 2 is 2.18 bits per heavy atom. The van der Waals surface area contributed by atoms with E-state index in [2.05, 4.69) is 4.98 Å². The molecule has 0 atom stereocenters. The quantitative estimate of drug-likeness (QED) is 0.706. The Kier molecular flexibility index (Phi) is 6.64. The first-order valence-corrected chi connectivity index (χ1v) is 4.03. The third kappa shape index (κ3) is 4.51. The van der Waals surface area contributed by atoms with Crippen LogP contribution in [0.2, 0.25) is 0 Å². The average Bonchev–Trinajstić information content (AvgIpc) is 2.11. The van der Waals surface area contributed by atoms with Crippen molar-refractivity contribution in [2.45, 2.75) is 20.3 Å². The van der Waals surface area contributed by atoms with Gasteiger partial charge in [-0.2, -0.15) is 0 Å². The van der Waals surface area contributed by atoms with Crippen molar-refractivity contribution in [2.24, 2.45) is 5.73 Å². The average molecular weight is 154 g/mol. The second-order valence-electron chi connectivity index (χ2n) is 1.86. The molecule has 0 spiro atoms. The molecule has 11 heavy (non-hydrogen) atoms. The Morgan fingerprint density at radius 1 is 1.45 bits per heavy atom. The summed E-state index contributed by atoms with van der Waals surface area (Å²) in [4.78, 5) is 4.09. The summed E-state index contributed by atoms with van der Waals surface area (Å²) in [5, 5.41) is 0. The smallest absolute Gasteiger partial charge is 0.0416 e. The molecule has 0 aromatic carbocycles. The normalized spacial score (nSPS) is 8.27. The maximum absolute atomic E-state index is 5.32. The molecule has 0 aliphatic rings. The molecular formula is C9H18N2. The van der Waals surface area contributed by atoms with E-state index in [9.17, 15) is 0 Å². The Labute approximate surface area is 69.9 Å². The summed E-state index contributed by atoms with van der Waals surface area (Å²) in [6.07, 6.45) is 2.66. The molecule has 0 saturated carbocycles. The van der Waals surface area contributed by atoms with Gasteiger partial charge in [0.1, 0.15) is 0 Å². The predicted molar refractivity (Wildman–Crippen MR) is 50.5 cm³/mol. The minimum Gasteiger partial charge on any atom is -0.330 e. The zero-order valence-corrected chi connectivity index (χ0v) is 7.25. The van der Waals surface area contributed by atoms with Gasteiger partial charge in [0, 0.05) is 19.7 Å². The molecule has 1 heterocycles. The number of nitrogens with two attached hydrogens (primary N) is 1. The zero-order valence-electron chi connectivity index (χ0n) is 7.25. The van der Waals surface area contributed by atoms with Crippen molar-refractivity contribution < 1.29 is 1.43 Å². The highest BCUT2D eigenvalue weighted by Gasteiger charge is 1.86. The minimum atomic E-state index is 0. The van der Waals surface area contributed by atoms with E-state index < -0.39 is 0 Å². The lowest BCUT2D eigenvalue weighted by Crippen LogP contribution is -2.03. The van der Waals surface area contributed by atoms with E-state index in [-0.39, 0.29) is 1.43 Å². The maximum Gasteiger partial charge on any atom is 0.0416 e. The van der Waals surface area contributed by atoms with Crippen LogP contribution in [0.15, 0.2) is 24.4 Å². The summed E-state index contributed by atoms with van der Waals surface area (Å²) in [6.45, 7) is 4.68. The SMILES string of the molecule is CC.NCCc1ccccn1.[HH]. The predicted octanol–water partition coefficient (Wildman–Crippen LogP) is 1.85. The van der Waals surface area contributed by atoms with Gasteiger partial charge in [-0.25, -0.2) is 0 Å². The molecule has 64 valence electrons. The van der Waals surface area contributed by atoms with E-state index in [4.69, 9.17) is 5.73 Å². The van der Waals surface area contributed by atoms with Crippen molar-refractivity contribution in [3.8, 4) is 0 Å². The number of hydrogen-bond donors (Lipinski definition) is 1. The highest BCUT2D eigenvalue weighted by atomic mass is 14.7. The standard InChI is InChI=1S/C7H10N2.C2H6.H2/c8-5-4-7-3-1-2-6-9-7;1-2;/h1-3,6H,4-5,8H2;1-2H3;1H. The van der Waals surface area contributed by atoms with E-state index >= 15 is 0 Å². The molecule has 1 aromatic heterocycles. The van der Waals surface area contributed by atoms with Gasteiger partial charge in [0.25, 0.3) is 0 Å². The van der Waals surface area contributed by atoms with Crippen LogP contribution in [0, 0.1) is 0 Å². The summed E-state index contributed by atoms with van der Waals surface area (Å²) in [5.74, 6) is 0. The van der Waals surface area contributed by atoms with Gasteiger partial charge in [0.15, 0.2) is 0 Å². The van der Waals surface area contributed by atoms with Crippen molar-refractivity contribution in [3.05, 3.63) is 30.1 Å². The van der Waals surface area contributed by atoms with Crippen LogP contribution in [0.3, 0.4) is 0 Å². The molecule has 0 amide bonds. The van der Waals surface area contributed by atoms with E-state index in [0.29, 0.717) is 6.54 Å². The molecule has 2 N–H and O–H groups in total. The van der Waals surface area contributed by atoms with E-state index in [1.807, 2.05) is 32.0 Å². The lowest BCUT2D eigenvalue weighted by Gasteiger charge is -1.92. The lowest BCUT2D eigenvalue weighted by atomic mass is 10.3. The van der Waals surface area contributed by atoms with Crippen molar-refractivity contribution in [3.63, 3.8) is 0 Å². The first-order valence-electron chi connectivity index (χ1n) is 4.03. The monoisotopic (exact) mass is 154 g/mol. The van der Waals surface area contributed by atoms with Gasteiger partial charge in [-0.1, -0.05) is 19.9 Å². The lowest BCUT2D eigenvalue weighted by molar-refractivity contribution is 0.923. The third-order valence-corrected chi connectivity index (χ3v) is 1.13. The van der Waals surface area contributed by atoms with Crippen LogP contribution in [0.4, 0.5) is 0 Å². The summed E-state index contributed by atoms with van der Waals surface area (Å²) in [5.41, 5.74) is 6.39. The van der Waals surface area contributed by atoms with Crippen molar-refractivity contribution in [1.82, 2.24) is 4.98 Å². The highest BCUT2D eigenvalue weighted by Crippen LogP contribution is 1.91. The largest absolute Gasteiger partial charge is 0.330 e. The third-order valence-electron chi connectivity index (χ3n) is 1.13. The van der Waals surface area contributed by atoms with Crippen LogP contribution in [-0.4, -0.2) is 11.5 Å². The molecule has 2 nitrogen and oxygen atoms in total. The van der Waals surface area contributed by atoms with Gasteiger partial charge < -0.3 is 5.73 Å². The van der Waals surface area contributed by atoms with Gasteiger partial charge in [-0.15, -0.1) is 0 Å². The van der Waals surface area contributed by atoms with Crippen LogP contribution in [0.25, 0.3) is 0 Å². The van der Waals surface area contributed by atoms with Crippen LogP contribution >= 0.6 is 0 Å². The fourth-order valence-electron chi connectivity index (χ4n) is 0.694. The van der Waals surface area contributed by atoms with E-state index in [0.717, 1.165) is 12.1 Å². The molecule has 1 aromatic rings. The topological polar surface area (TPSA) is 38.9 Å². The molecule has 1 rings (SSSR count). The van der Waals surface area contributed by atoms with Gasteiger partial charge in [0.05, 0.1) is 0 Å². The van der Waals surface area contributed by atoms with Gasteiger partial charge >= 0.3 is 0 Å². The molecule has 2 heteroatoms. The van der Waals surface area contributed by atoms with Crippen LogP contribution in [0.5, 0.6) is 0 Å². The van der Waals surface area contributed by atoms with Crippen molar-refractivity contribution in [2.75, 3.05) is 6.54 Å². The fraction of sp³-hybridized carbons (Fsp3) is 0.444. The first kappa shape index (κ1) is 10.1. The summed E-state index contributed by atoms with van der Waals surface area (Å²) < 4.78 is 0. The minimum absolute atomic E-state index is 0. The molecule has 0 bridgehead atoms. The Morgan fingerprint density at radius 3 is 2.64 bits per heavy atom. The molecule has 0 aliphatic heterocycles. The molecule has 0 fully saturated rings. The zero-order chi connectivity index (χ0) is 8.53. The molecule has 0 saturated heterocycles.